The summed E-state index contributed by atoms with van der Waals surface area (Å²) in [4.78, 5) is 30.5. The van der Waals surface area contributed by atoms with Crippen LogP contribution in [0.1, 0.15) is 10.4 Å². The molecule has 0 radical (unpaired) electrons. The molecule has 0 aliphatic rings. The van der Waals surface area contributed by atoms with E-state index in [1.54, 1.807) is 18.2 Å². The minimum Gasteiger partial charge on any atom is -0.496 e. The van der Waals surface area contributed by atoms with E-state index in [0.29, 0.717) is 20.5 Å². The van der Waals surface area contributed by atoms with Crippen LogP contribution < -0.4 is 10.1 Å². The largest absolute Gasteiger partial charge is 0.496 e. The van der Waals surface area contributed by atoms with Crippen LogP contribution in [0.15, 0.2) is 66.7 Å². The van der Waals surface area contributed by atoms with Gasteiger partial charge in [-0.05, 0) is 42.5 Å². The normalized spacial score (nSPS) is 10.7. The lowest BCUT2D eigenvalue weighted by molar-refractivity contribution is 0.102. The second-order valence-corrected chi connectivity index (χ2v) is 8.91. The van der Waals surface area contributed by atoms with Crippen molar-refractivity contribution < 1.29 is 13.9 Å². The minimum absolute atomic E-state index is 0.000195. The van der Waals surface area contributed by atoms with Crippen molar-refractivity contribution in [2.75, 3.05) is 12.4 Å². The van der Waals surface area contributed by atoms with Crippen LogP contribution >= 0.6 is 22.9 Å². The van der Waals surface area contributed by atoms with Gasteiger partial charge in [0, 0.05) is 10.6 Å². The van der Waals surface area contributed by atoms with Gasteiger partial charge in [-0.2, -0.15) is 0 Å². The number of anilines is 1. The van der Waals surface area contributed by atoms with Crippen molar-refractivity contribution in [3.63, 3.8) is 0 Å². The zero-order valence-electron chi connectivity index (χ0n) is 18.6. The number of methoxy groups -OCH3 is 1. The van der Waals surface area contributed by atoms with Gasteiger partial charge in [-0.15, -0.1) is 4.98 Å². The van der Waals surface area contributed by atoms with Crippen LogP contribution in [0.2, 0.25) is 5.02 Å². The number of amides is 1. The summed E-state index contributed by atoms with van der Waals surface area (Å²) in [5, 5.41) is 3.70. The fourth-order valence-corrected chi connectivity index (χ4v) is 4.56. The molecule has 0 spiro atoms. The van der Waals surface area contributed by atoms with Crippen LogP contribution in [0, 0.1) is 12.4 Å². The van der Waals surface area contributed by atoms with Gasteiger partial charge in [0.25, 0.3) is 11.7 Å². The molecular formula is C26H15ClFN5O2S. The molecule has 176 valence electrons. The van der Waals surface area contributed by atoms with Crippen LogP contribution in [-0.2, 0) is 0 Å². The van der Waals surface area contributed by atoms with Crippen molar-refractivity contribution in [3.05, 3.63) is 94.6 Å². The fourth-order valence-electron chi connectivity index (χ4n) is 3.61. The first kappa shape index (κ1) is 23.4. The van der Waals surface area contributed by atoms with Gasteiger partial charge in [-0.25, -0.2) is 14.4 Å². The Labute approximate surface area is 214 Å². The Kier molecular flexibility index (Phi) is 6.29. The minimum atomic E-state index is -0.628. The average Bonchev–Trinajstić information content (AvgIpc) is 3.30. The highest BCUT2D eigenvalue weighted by molar-refractivity contribution is 7.22. The SMILES string of the molecule is [C-]#[N+]c1ccc(C(=O)Nc2nc3ccc(-c4ccc(Cl)cc4)nc3s2)c(-c2c(F)cccc2OC)n1. The smallest absolute Gasteiger partial charge is 0.270 e. The van der Waals surface area contributed by atoms with Gasteiger partial charge in [0.05, 0.1) is 18.4 Å². The van der Waals surface area contributed by atoms with E-state index in [2.05, 4.69) is 25.1 Å². The highest BCUT2D eigenvalue weighted by atomic mass is 35.5. The molecule has 0 aliphatic heterocycles. The van der Waals surface area contributed by atoms with Crippen LogP contribution in [0.25, 0.3) is 37.7 Å². The Hall–Kier alpha value is -4.39. The quantitative estimate of drug-likeness (QED) is 0.254. The molecule has 0 unspecified atom stereocenters. The van der Waals surface area contributed by atoms with Crippen molar-refractivity contribution in [1.82, 2.24) is 15.0 Å². The second-order valence-electron chi connectivity index (χ2n) is 7.50. The first-order valence-corrected chi connectivity index (χ1v) is 11.7. The third kappa shape index (κ3) is 4.47. The number of halogens is 2. The molecule has 5 rings (SSSR count). The lowest BCUT2D eigenvalue weighted by Gasteiger charge is -2.10. The monoisotopic (exact) mass is 515 g/mol. The van der Waals surface area contributed by atoms with E-state index in [-0.39, 0.29) is 28.4 Å². The zero-order chi connectivity index (χ0) is 25.2. The molecule has 0 atom stereocenters. The number of rotatable bonds is 5. The Balaban J connectivity index is 1.50. The topological polar surface area (TPSA) is 81.4 Å². The summed E-state index contributed by atoms with van der Waals surface area (Å²) in [6.07, 6.45) is 0. The number of benzene rings is 2. The molecule has 3 heterocycles. The number of ether oxygens (including phenoxy) is 1. The molecule has 0 saturated carbocycles. The highest BCUT2D eigenvalue weighted by Crippen LogP contribution is 2.35. The molecular weight excluding hydrogens is 501 g/mol. The molecule has 0 saturated heterocycles. The van der Waals surface area contributed by atoms with E-state index in [0.717, 1.165) is 11.3 Å². The first-order chi connectivity index (χ1) is 17.5. The maximum absolute atomic E-state index is 14.8. The number of aromatic nitrogens is 3. The molecule has 36 heavy (non-hydrogen) atoms. The van der Waals surface area contributed by atoms with E-state index in [9.17, 15) is 9.18 Å². The Morgan fingerprint density at radius 2 is 1.86 bits per heavy atom. The molecule has 1 N–H and O–H groups in total. The fraction of sp³-hybridized carbons (Fsp3) is 0.0385. The lowest BCUT2D eigenvalue weighted by Crippen LogP contribution is -2.14. The molecule has 0 fully saturated rings. The molecule has 2 aromatic carbocycles. The van der Waals surface area contributed by atoms with Gasteiger partial charge in [0.2, 0.25) is 0 Å². The predicted octanol–water partition coefficient (Wildman–Crippen LogP) is 7.02. The Morgan fingerprint density at radius 3 is 2.61 bits per heavy atom. The van der Waals surface area contributed by atoms with Gasteiger partial charge >= 0.3 is 0 Å². The van der Waals surface area contributed by atoms with Crippen LogP contribution in [0.5, 0.6) is 5.75 Å². The predicted molar refractivity (Wildman–Crippen MR) is 138 cm³/mol. The molecule has 5 aromatic rings. The van der Waals surface area contributed by atoms with Gasteiger partial charge in [0.1, 0.15) is 27.5 Å². The standard InChI is InChI=1S/C26H15ClFN5O2S/c1-29-21-13-10-16(23(32-21)22-17(28)4-3-5-20(22)35-2)24(34)33-26-31-19-12-11-18(30-25(19)36-26)14-6-8-15(27)9-7-14/h3-13H,2H3,(H,31,33,34). The molecule has 10 heteroatoms. The van der Waals surface area contributed by atoms with Gasteiger partial charge in [-0.1, -0.05) is 53.8 Å². The molecule has 1 amide bonds. The second kappa shape index (κ2) is 9.70. The van der Waals surface area contributed by atoms with E-state index in [1.165, 1.54) is 42.7 Å². The molecule has 0 bridgehead atoms. The van der Waals surface area contributed by atoms with Crippen molar-refractivity contribution in [1.29, 1.82) is 0 Å². The number of carbonyl (C=O) groups excluding carboxylic acids is 1. The number of hydrogen-bond donors (Lipinski definition) is 1. The Bertz CT molecular complexity index is 1660. The lowest BCUT2D eigenvalue weighted by atomic mass is 10.0. The van der Waals surface area contributed by atoms with Crippen molar-refractivity contribution in [3.8, 4) is 28.3 Å². The molecule has 0 aliphatic carbocycles. The average molecular weight is 516 g/mol. The number of thiazole rings is 1. The van der Waals surface area contributed by atoms with Gasteiger partial charge < -0.3 is 9.58 Å². The summed E-state index contributed by atoms with van der Waals surface area (Å²) in [6.45, 7) is 7.28. The summed E-state index contributed by atoms with van der Waals surface area (Å²) >= 11 is 7.18. The van der Waals surface area contributed by atoms with E-state index < -0.39 is 11.7 Å². The number of nitrogens with one attached hydrogen (secondary N) is 1. The summed E-state index contributed by atoms with van der Waals surface area (Å²) < 4.78 is 20.1. The number of carbonyl (C=O) groups is 1. The van der Waals surface area contributed by atoms with E-state index in [1.807, 2.05) is 24.3 Å². The van der Waals surface area contributed by atoms with Gasteiger partial charge in [-0.3, -0.25) is 10.1 Å². The number of pyridine rings is 2. The van der Waals surface area contributed by atoms with Crippen molar-refractivity contribution >= 4 is 50.1 Å². The zero-order valence-corrected chi connectivity index (χ0v) is 20.2. The highest BCUT2D eigenvalue weighted by Gasteiger charge is 2.25. The summed E-state index contributed by atoms with van der Waals surface area (Å²) in [5.41, 5.74) is 2.32. The van der Waals surface area contributed by atoms with Crippen molar-refractivity contribution in [2.45, 2.75) is 0 Å². The summed E-state index contributed by atoms with van der Waals surface area (Å²) in [5.74, 6) is -0.975. The van der Waals surface area contributed by atoms with Crippen LogP contribution in [-0.4, -0.2) is 28.0 Å². The first-order valence-electron chi connectivity index (χ1n) is 10.5. The maximum atomic E-state index is 14.8. The van der Waals surface area contributed by atoms with Gasteiger partial charge in [0.15, 0.2) is 10.8 Å². The van der Waals surface area contributed by atoms with E-state index >= 15 is 0 Å². The summed E-state index contributed by atoms with van der Waals surface area (Å²) in [7, 11) is 1.39. The van der Waals surface area contributed by atoms with Crippen LogP contribution in [0.3, 0.4) is 0 Å². The number of fused-ring (bicyclic) bond motifs is 1. The van der Waals surface area contributed by atoms with Crippen LogP contribution in [0.4, 0.5) is 15.3 Å². The molecule has 7 nitrogen and oxygen atoms in total. The maximum Gasteiger partial charge on any atom is 0.270 e. The van der Waals surface area contributed by atoms with Crippen molar-refractivity contribution in [2.24, 2.45) is 0 Å². The molecule has 3 aromatic heterocycles. The third-order valence-electron chi connectivity index (χ3n) is 5.29. The third-order valence-corrected chi connectivity index (χ3v) is 6.42. The summed E-state index contributed by atoms with van der Waals surface area (Å²) in [6, 6.07) is 18.1. The number of hydrogen-bond acceptors (Lipinski definition) is 6. The Morgan fingerprint density at radius 1 is 1.06 bits per heavy atom. The number of nitrogens with zero attached hydrogens (tertiary/aromatic N) is 4. The van der Waals surface area contributed by atoms with E-state index in [4.69, 9.17) is 22.9 Å².